The van der Waals surface area contributed by atoms with Crippen molar-refractivity contribution in [2.75, 3.05) is 5.32 Å². The van der Waals surface area contributed by atoms with Crippen LogP contribution in [0.25, 0.3) is 0 Å². The van der Waals surface area contributed by atoms with Crippen LogP contribution >= 0.6 is 0 Å². The fraction of sp³-hybridized carbons (Fsp3) is 0.333. The van der Waals surface area contributed by atoms with Gasteiger partial charge in [0.05, 0.1) is 0 Å². The van der Waals surface area contributed by atoms with Crippen molar-refractivity contribution >= 4 is 31.6 Å². The molecule has 3 nitrogen and oxygen atoms in total. The molecule has 4 heteroatoms. The van der Waals surface area contributed by atoms with Crippen LogP contribution in [0, 0.1) is 0 Å². The van der Waals surface area contributed by atoms with Crippen molar-refractivity contribution in [3.63, 3.8) is 0 Å². The molecule has 0 amide bonds. The Hall–Kier alpha value is -1.12. The third-order valence-corrected chi connectivity index (χ3v) is 3.63. The minimum absolute atomic E-state index is 0.0461. The van der Waals surface area contributed by atoms with Gasteiger partial charge >= 0.3 is 102 Å². The van der Waals surface area contributed by atoms with Crippen LogP contribution in [0.5, 0.6) is 0 Å². The number of nitrogens with one attached hydrogen (secondary N) is 1. The van der Waals surface area contributed by atoms with Gasteiger partial charge in [-0.05, 0) is 0 Å². The van der Waals surface area contributed by atoms with Gasteiger partial charge in [-0.15, -0.1) is 0 Å². The number of rotatable bonds is 5. The van der Waals surface area contributed by atoms with E-state index >= 15 is 0 Å². The van der Waals surface area contributed by atoms with Gasteiger partial charge in [-0.2, -0.15) is 0 Å². The predicted molar refractivity (Wildman–Crippen MR) is 68.9 cm³/mol. The van der Waals surface area contributed by atoms with Crippen molar-refractivity contribution in [3.05, 3.63) is 30.9 Å². The molecule has 1 atom stereocenters. The van der Waals surface area contributed by atoms with E-state index in [2.05, 4.69) is 32.8 Å². The number of benzene rings is 1. The maximum atomic E-state index is 4.45. The summed E-state index contributed by atoms with van der Waals surface area (Å²) in [5.41, 5.74) is 3.17. The molecule has 1 aromatic rings. The molecule has 0 aromatic heterocycles. The predicted octanol–water partition coefficient (Wildman–Crippen LogP) is 3.80. The molecule has 84 valence electrons. The van der Waals surface area contributed by atoms with Crippen molar-refractivity contribution in [3.8, 4) is 0 Å². The molecule has 1 aliphatic rings. The molecule has 0 saturated heterocycles. The van der Waals surface area contributed by atoms with Crippen molar-refractivity contribution in [2.24, 2.45) is 7.92 Å². The summed E-state index contributed by atoms with van der Waals surface area (Å²) in [4.78, 5) is 0. The van der Waals surface area contributed by atoms with E-state index in [0.29, 0.717) is 6.04 Å². The van der Waals surface area contributed by atoms with Crippen molar-refractivity contribution < 1.29 is 0 Å². The van der Waals surface area contributed by atoms with Gasteiger partial charge in [0.2, 0.25) is 0 Å². The van der Waals surface area contributed by atoms with E-state index in [1.54, 1.807) is 0 Å². The van der Waals surface area contributed by atoms with Gasteiger partial charge in [-0.3, -0.25) is 0 Å². The number of nitrogens with zero attached hydrogens (tertiary/aromatic N) is 2. The molecule has 1 unspecified atom stereocenters. The van der Waals surface area contributed by atoms with Gasteiger partial charge in [0.1, 0.15) is 0 Å². The Morgan fingerprint density at radius 3 is 3.19 bits per heavy atom. The number of anilines is 1. The van der Waals surface area contributed by atoms with Crippen LogP contribution in [-0.4, -0.2) is 20.6 Å². The average Bonchev–Trinajstić information content (AvgIpc) is 2.75. The standard InChI is InChI=1S/C12H15N3Se/c1-3-4-6-9(2)13-10-7-5-8-11-12(10)15-16-14-11/h3,5,7-9,13H,1,4,6H2,2H3. The minimum atomic E-state index is 0.0461. The zero-order valence-electron chi connectivity index (χ0n) is 9.31. The van der Waals surface area contributed by atoms with Gasteiger partial charge in [0.25, 0.3) is 0 Å². The monoisotopic (exact) mass is 281 g/mol. The van der Waals surface area contributed by atoms with E-state index in [-0.39, 0.29) is 14.6 Å². The molecule has 1 aliphatic heterocycles. The molecule has 1 heterocycles. The zero-order chi connectivity index (χ0) is 11.4. The van der Waals surface area contributed by atoms with E-state index in [1.165, 1.54) is 0 Å². The molecule has 0 spiro atoms. The quantitative estimate of drug-likeness (QED) is 0.656. The van der Waals surface area contributed by atoms with Crippen LogP contribution in [0.3, 0.4) is 0 Å². The van der Waals surface area contributed by atoms with E-state index in [9.17, 15) is 0 Å². The molecule has 1 N–H and O–H groups in total. The summed E-state index contributed by atoms with van der Waals surface area (Å²) >= 11 is 0.0461. The first-order valence-corrected chi connectivity index (χ1v) is 6.93. The molecule has 1 aromatic carbocycles. The van der Waals surface area contributed by atoms with Crippen molar-refractivity contribution in [1.29, 1.82) is 0 Å². The van der Waals surface area contributed by atoms with Gasteiger partial charge in [0, 0.05) is 0 Å². The van der Waals surface area contributed by atoms with Gasteiger partial charge in [-0.1, -0.05) is 0 Å². The Kier molecular flexibility index (Phi) is 3.75. The van der Waals surface area contributed by atoms with Gasteiger partial charge < -0.3 is 0 Å². The van der Waals surface area contributed by atoms with E-state index in [0.717, 1.165) is 29.9 Å². The van der Waals surface area contributed by atoms with Crippen molar-refractivity contribution in [2.45, 2.75) is 25.8 Å². The summed E-state index contributed by atoms with van der Waals surface area (Å²) < 4.78 is 8.81. The summed E-state index contributed by atoms with van der Waals surface area (Å²) in [6.07, 6.45) is 4.08. The van der Waals surface area contributed by atoms with E-state index in [4.69, 9.17) is 0 Å². The van der Waals surface area contributed by atoms with Crippen LogP contribution in [0.1, 0.15) is 19.8 Å². The van der Waals surface area contributed by atoms with Gasteiger partial charge in [0.15, 0.2) is 0 Å². The molecule has 0 fully saturated rings. The zero-order valence-corrected chi connectivity index (χ0v) is 11.0. The number of hydrogen-bond donors (Lipinski definition) is 1. The van der Waals surface area contributed by atoms with Crippen LogP contribution in [-0.2, 0) is 0 Å². The van der Waals surface area contributed by atoms with Gasteiger partial charge in [-0.25, -0.2) is 0 Å². The Bertz CT molecular complexity index is 461. The summed E-state index contributed by atoms with van der Waals surface area (Å²) in [6, 6.07) is 6.56. The van der Waals surface area contributed by atoms with E-state index in [1.807, 2.05) is 18.2 Å². The SMILES string of the molecule is C=CCCC(C)Nc1cccc2c1N=[Se]=N2. The average molecular weight is 280 g/mol. The van der Waals surface area contributed by atoms with Crippen LogP contribution in [0.15, 0.2) is 38.8 Å². The first-order chi connectivity index (χ1) is 7.81. The Morgan fingerprint density at radius 2 is 2.38 bits per heavy atom. The molecular weight excluding hydrogens is 265 g/mol. The number of hydrogen-bond acceptors (Lipinski definition) is 3. The molecule has 0 aliphatic carbocycles. The Labute approximate surface area is 102 Å². The van der Waals surface area contributed by atoms with Crippen LogP contribution in [0.2, 0.25) is 0 Å². The molecular formula is C12H15N3Se. The molecule has 0 bridgehead atoms. The summed E-state index contributed by atoms with van der Waals surface area (Å²) in [6.45, 7) is 5.92. The second-order valence-corrected chi connectivity index (χ2v) is 4.96. The summed E-state index contributed by atoms with van der Waals surface area (Å²) in [5.74, 6) is 0. The Morgan fingerprint density at radius 1 is 1.50 bits per heavy atom. The summed E-state index contributed by atoms with van der Waals surface area (Å²) in [7, 11) is 0. The molecule has 0 saturated carbocycles. The second kappa shape index (κ2) is 5.28. The maximum absolute atomic E-state index is 4.45. The summed E-state index contributed by atoms with van der Waals surface area (Å²) in [5, 5.41) is 3.49. The first kappa shape index (κ1) is 11.4. The molecule has 16 heavy (non-hydrogen) atoms. The van der Waals surface area contributed by atoms with Crippen molar-refractivity contribution in [1.82, 2.24) is 0 Å². The topological polar surface area (TPSA) is 36.8 Å². The number of allylic oxidation sites excluding steroid dienone is 1. The second-order valence-electron chi connectivity index (χ2n) is 3.85. The molecule has 0 radical (unpaired) electrons. The fourth-order valence-corrected chi connectivity index (χ4v) is 2.78. The van der Waals surface area contributed by atoms with Crippen LogP contribution in [0.4, 0.5) is 17.1 Å². The third-order valence-electron chi connectivity index (χ3n) is 2.49. The third kappa shape index (κ3) is 2.52. The first-order valence-electron chi connectivity index (χ1n) is 5.40. The normalized spacial score (nSPS) is 14.1. The fourth-order valence-electron chi connectivity index (χ4n) is 1.63. The number of fused-ring (bicyclic) bond motifs is 1. The van der Waals surface area contributed by atoms with Crippen LogP contribution < -0.4 is 5.32 Å². The Balaban J connectivity index is 2.08. The molecule has 2 rings (SSSR count). The van der Waals surface area contributed by atoms with E-state index < -0.39 is 0 Å².